The second-order valence-electron chi connectivity index (χ2n) is 8.76. The maximum atomic E-state index is 12.8. The number of aromatic nitrogens is 4. The second kappa shape index (κ2) is 5.97. The number of anilines is 1. The van der Waals surface area contributed by atoms with Gasteiger partial charge in [0.05, 0.1) is 28.6 Å². The number of nitrogens with one attached hydrogen (secondary N) is 1. The van der Waals surface area contributed by atoms with Crippen LogP contribution in [0.1, 0.15) is 57.6 Å². The van der Waals surface area contributed by atoms with Crippen LogP contribution in [0, 0.1) is 0 Å². The Hall–Kier alpha value is -2.63. The molecule has 0 unspecified atom stereocenters. The zero-order chi connectivity index (χ0) is 19.3. The van der Waals surface area contributed by atoms with E-state index in [0.29, 0.717) is 11.4 Å². The van der Waals surface area contributed by atoms with Crippen LogP contribution in [0.2, 0.25) is 0 Å². The summed E-state index contributed by atoms with van der Waals surface area (Å²) in [5, 5.41) is 7.76. The second-order valence-corrected chi connectivity index (χ2v) is 8.76. The lowest BCUT2D eigenvalue weighted by Gasteiger charge is -2.23. The molecular weight excluding hydrogens is 326 g/mol. The quantitative estimate of drug-likeness (QED) is 0.755. The van der Waals surface area contributed by atoms with Crippen molar-refractivity contribution < 1.29 is 4.79 Å². The molecule has 138 valence electrons. The third-order valence-electron chi connectivity index (χ3n) is 4.34. The van der Waals surface area contributed by atoms with Crippen molar-refractivity contribution in [3.63, 3.8) is 0 Å². The molecule has 1 amide bonds. The van der Waals surface area contributed by atoms with Crippen LogP contribution in [0.25, 0.3) is 11.0 Å². The van der Waals surface area contributed by atoms with Gasteiger partial charge in [-0.25, -0.2) is 9.67 Å². The van der Waals surface area contributed by atoms with Crippen molar-refractivity contribution >= 4 is 22.8 Å². The lowest BCUT2D eigenvalue weighted by molar-refractivity contribution is 0.102. The lowest BCUT2D eigenvalue weighted by Crippen LogP contribution is -2.27. The van der Waals surface area contributed by atoms with Crippen LogP contribution >= 0.6 is 0 Å². The van der Waals surface area contributed by atoms with Crippen molar-refractivity contribution in [2.75, 3.05) is 5.32 Å². The Kier molecular flexibility index (Phi) is 4.17. The summed E-state index contributed by atoms with van der Waals surface area (Å²) in [7, 11) is 1.94. The first-order valence-corrected chi connectivity index (χ1v) is 8.80. The van der Waals surface area contributed by atoms with Crippen molar-refractivity contribution in [2.45, 2.75) is 52.5 Å². The molecule has 26 heavy (non-hydrogen) atoms. The average molecular weight is 353 g/mol. The molecule has 0 spiro atoms. The summed E-state index contributed by atoms with van der Waals surface area (Å²) in [6.45, 7) is 12.6. The number of imidazole rings is 1. The first-order valence-electron chi connectivity index (χ1n) is 8.80. The van der Waals surface area contributed by atoms with Crippen molar-refractivity contribution in [3.8, 4) is 0 Å². The van der Waals surface area contributed by atoms with Crippen LogP contribution in [-0.4, -0.2) is 25.2 Å². The van der Waals surface area contributed by atoms with Crippen LogP contribution in [0.3, 0.4) is 0 Å². The van der Waals surface area contributed by atoms with E-state index in [2.05, 4.69) is 51.8 Å². The Morgan fingerprint density at radius 2 is 1.77 bits per heavy atom. The Balaban J connectivity index is 1.96. The number of nitrogens with zero attached hydrogens (tertiary/aromatic N) is 4. The molecule has 2 aromatic heterocycles. The molecule has 0 fully saturated rings. The molecule has 2 heterocycles. The highest BCUT2D eigenvalue weighted by atomic mass is 16.1. The van der Waals surface area contributed by atoms with Gasteiger partial charge in [-0.2, -0.15) is 5.10 Å². The maximum Gasteiger partial charge on any atom is 0.256 e. The molecule has 3 rings (SSSR count). The van der Waals surface area contributed by atoms with Gasteiger partial charge in [-0.1, -0.05) is 20.8 Å². The molecule has 0 bridgehead atoms. The molecule has 0 saturated carbocycles. The molecule has 0 saturated heterocycles. The fourth-order valence-electron chi connectivity index (χ4n) is 2.81. The molecule has 0 radical (unpaired) electrons. The van der Waals surface area contributed by atoms with Gasteiger partial charge in [-0.15, -0.1) is 0 Å². The van der Waals surface area contributed by atoms with E-state index in [1.165, 1.54) is 0 Å². The number of carbonyl (C=O) groups excluding carboxylic acids is 1. The summed E-state index contributed by atoms with van der Waals surface area (Å²) >= 11 is 0. The number of aryl methyl sites for hydroxylation is 1. The van der Waals surface area contributed by atoms with Crippen molar-refractivity contribution in [1.29, 1.82) is 0 Å². The Morgan fingerprint density at radius 1 is 1.08 bits per heavy atom. The highest BCUT2D eigenvalue weighted by Crippen LogP contribution is 2.28. The number of carbonyl (C=O) groups is 1. The van der Waals surface area contributed by atoms with Gasteiger partial charge >= 0.3 is 0 Å². The standard InChI is InChI=1S/C20H27N5O/c1-19(2,3)16-11-17(25(23-16)20(4,5)6)22-18(26)13-8-9-15-14(10-13)21-12-24(15)7/h8-12H,1-7H3,(H,22,26). The zero-order valence-electron chi connectivity index (χ0n) is 16.6. The molecular formula is C20H27N5O. The fraction of sp³-hybridized carbons (Fsp3) is 0.450. The minimum atomic E-state index is -0.239. The summed E-state index contributed by atoms with van der Waals surface area (Å²) in [6.07, 6.45) is 1.75. The average Bonchev–Trinajstić information content (AvgIpc) is 3.10. The topological polar surface area (TPSA) is 64.7 Å². The molecule has 6 nitrogen and oxygen atoms in total. The molecule has 6 heteroatoms. The highest BCUT2D eigenvalue weighted by molar-refractivity contribution is 6.05. The number of hydrogen-bond acceptors (Lipinski definition) is 3. The van der Waals surface area contributed by atoms with Gasteiger partial charge < -0.3 is 9.88 Å². The van der Waals surface area contributed by atoms with Crippen molar-refractivity contribution in [2.24, 2.45) is 7.05 Å². The van der Waals surface area contributed by atoms with Gasteiger partial charge in [0.25, 0.3) is 5.91 Å². The third-order valence-corrected chi connectivity index (χ3v) is 4.34. The highest BCUT2D eigenvalue weighted by Gasteiger charge is 2.26. The summed E-state index contributed by atoms with van der Waals surface area (Å²) in [5.74, 6) is 0.539. The van der Waals surface area contributed by atoms with Gasteiger partial charge in [0.1, 0.15) is 5.82 Å². The first kappa shape index (κ1) is 18.2. The van der Waals surface area contributed by atoms with Gasteiger partial charge in [0.2, 0.25) is 0 Å². The summed E-state index contributed by atoms with van der Waals surface area (Å²) < 4.78 is 3.81. The van der Waals surface area contributed by atoms with E-state index in [4.69, 9.17) is 5.10 Å². The lowest BCUT2D eigenvalue weighted by atomic mass is 9.92. The van der Waals surface area contributed by atoms with Gasteiger partial charge in [0, 0.05) is 24.1 Å². The minimum absolute atomic E-state index is 0.0944. The van der Waals surface area contributed by atoms with E-state index in [-0.39, 0.29) is 16.9 Å². The van der Waals surface area contributed by atoms with Crippen LogP contribution in [-0.2, 0) is 18.0 Å². The smallest absolute Gasteiger partial charge is 0.256 e. The van der Waals surface area contributed by atoms with E-state index in [9.17, 15) is 4.79 Å². The van der Waals surface area contributed by atoms with Gasteiger partial charge in [-0.05, 0) is 39.0 Å². The monoisotopic (exact) mass is 353 g/mol. The predicted octanol–water partition coefficient (Wildman–Crippen LogP) is 4.07. The van der Waals surface area contributed by atoms with E-state index < -0.39 is 0 Å². The van der Waals surface area contributed by atoms with Crippen LogP contribution in [0.4, 0.5) is 5.82 Å². The van der Waals surface area contributed by atoms with Crippen LogP contribution in [0.15, 0.2) is 30.6 Å². The molecule has 1 aromatic carbocycles. The SMILES string of the molecule is Cn1cnc2cc(C(=O)Nc3cc(C(C)(C)C)nn3C(C)(C)C)ccc21. The van der Waals surface area contributed by atoms with Crippen molar-refractivity contribution in [1.82, 2.24) is 19.3 Å². The van der Waals surface area contributed by atoms with Crippen LogP contribution < -0.4 is 5.32 Å². The van der Waals surface area contributed by atoms with E-state index in [0.717, 1.165) is 16.7 Å². The summed E-state index contributed by atoms with van der Waals surface area (Å²) in [6, 6.07) is 7.51. The van der Waals surface area contributed by atoms with Crippen molar-refractivity contribution in [3.05, 3.63) is 41.9 Å². The molecule has 1 N–H and O–H groups in total. The molecule has 3 aromatic rings. The molecule has 0 aliphatic carbocycles. The van der Waals surface area contributed by atoms with E-state index >= 15 is 0 Å². The predicted molar refractivity (Wildman–Crippen MR) is 105 cm³/mol. The zero-order valence-corrected chi connectivity index (χ0v) is 16.6. The normalized spacial score (nSPS) is 12.6. The largest absolute Gasteiger partial charge is 0.334 e. The summed E-state index contributed by atoms with van der Waals surface area (Å²) in [5.41, 5.74) is 2.99. The van der Waals surface area contributed by atoms with E-state index in [1.807, 2.05) is 40.6 Å². The Labute approximate surface area is 154 Å². The van der Waals surface area contributed by atoms with Gasteiger partial charge in [0.15, 0.2) is 0 Å². The number of fused-ring (bicyclic) bond motifs is 1. The Bertz CT molecular complexity index is 966. The van der Waals surface area contributed by atoms with Gasteiger partial charge in [-0.3, -0.25) is 4.79 Å². The molecule has 0 atom stereocenters. The maximum absolute atomic E-state index is 12.8. The number of benzene rings is 1. The van der Waals surface area contributed by atoms with E-state index in [1.54, 1.807) is 6.33 Å². The number of rotatable bonds is 2. The third kappa shape index (κ3) is 3.36. The van der Waals surface area contributed by atoms with Crippen LogP contribution in [0.5, 0.6) is 0 Å². The Morgan fingerprint density at radius 3 is 2.38 bits per heavy atom. The summed E-state index contributed by atoms with van der Waals surface area (Å²) in [4.78, 5) is 17.1. The first-order chi connectivity index (χ1) is 12.0. The minimum Gasteiger partial charge on any atom is -0.334 e. The number of hydrogen-bond donors (Lipinski definition) is 1. The molecule has 0 aliphatic rings. The fourth-order valence-corrected chi connectivity index (χ4v) is 2.81. The molecule has 0 aliphatic heterocycles. The number of amides is 1.